The number of halogens is 3. The van der Waals surface area contributed by atoms with Crippen molar-refractivity contribution in [1.82, 2.24) is 0 Å². The summed E-state index contributed by atoms with van der Waals surface area (Å²) in [6, 6.07) is 10.2. The standard InChI is InChI=1S/C19H17ClF2O3/c1-3-19(21,22)25-16-9-6-14(10-12(2)23)17(11-16)18(24)13-4-7-15(20)8-5-13/h4-9,11H,3,10H2,1-2H3. The van der Waals surface area contributed by atoms with Crippen LogP contribution in [0.25, 0.3) is 0 Å². The van der Waals surface area contributed by atoms with Crippen molar-refractivity contribution in [3.8, 4) is 5.75 Å². The summed E-state index contributed by atoms with van der Waals surface area (Å²) < 4.78 is 31.6. The molecule has 0 N–H and O–H groups in total. The van der Waals surface area contributed by atoms with Gasteiger partial charge in [-0.3, -0.25) is 9.59 Å². The lowest BCUT2D eigenvalue weighted by Gasteiger charge is -2.17. The van der Waals surface area contributed by atoms with E-state index in [9.17, 15) is 18.4 Å². The molecule has 25 heavy (non-hydrogen) atoms. The molecule has 0 amide bonds. The summed E-state index contributed by atoms with van der Waals surface area (Å²) >= 11 is 5.82. The molecule has 3 nitrogen and oxygen atoms in total. The number of benzene rings is 2. The third kappa shape index (κ3) is 5.10. The van der Waals surface area contributed by atoms with Crippen LogP contribution in [0.15, 0.2) is 42.5 Å². The smallest absolute Gasteiger partial charge is 0.397 e. The van der Waals surface area contributed by atoms with Crippen molar-refractivity contribution in [3.05, 3.63) is 64.2 Å². The van der Waals surface area contributed by atoms with E-state index in [0.29, 0.717) is 16.1 Å². The fourth-order valence-corrected chi connectivity index (χ4v) is 2.38. The van der Waals surface area contributed by atoms with Crippen LogP contribution >= 0.6 is 11.6 Å². The van der Waals surface area contributed by atoms with Crippen molar-refractivity contribution >= 4 is 23.2 Å². The molecule has 6 heteroatoms. The highest BCUT2D eigenvalue weighted by Gasteiger charge is 2.29. The Morgan fingerprint density at radius 3 is 2.32 bits per heavy atom. The number of ketones is 2. The van der Waals surface area contributed by atoms with Crippen molar-refractivity contribution in [2.75, 3.05) is 0 Å². The zero-order valence-corrected chi connectivity index (χ0v) is 14.6. The van der Waals surface area contributed by atoms with Gasteiger partial charge in [-0.1, -0.05) is 24.6 Å². The Balaban J connectivity index is 2.45. The molecule has 0 atom stereocenters. The monoisotopic (exact) mass is 366 g/mol. The van der Waals surface area contributed by atoms with Crippen LogP contribution in [-0.2, 0) is 11.2 Å². The zero-order chi connectivity index (χ0) is 18.6. The molecule has 0 fully saturated rings. The normalized spacial score (nSPS) is 11.2. The van der Waals surface area contributed by atoms with Gasteiger partial charge in [-0.25, -0.2) is 0 Å². The van der Waals surface area contributed by atoms with Gasteiger partial charge in [0.15, 0.2) is 5.78 Å². The molecule has 0 saturated heterocycles. The quantitative estimate of drug-likeness (QED) is 0.641. The van der Waals surface area contributed by atoms with Gasteiger partial charge < -0.3 is 4.74 Å². The fraction of sp³-hybridized carbons (Fsp3) is 0.263. The molecule has 0 saturated carbocycles. The van der Waals surface area contributed by atoms with Crippen LogP contribution in [0, 0.1) is 0 Å². The Morgan fingerprint density at radius 1 is 1.12 bits per heavy atom. The van der Waals surface area contributed by atoms with Gasteiger partial charge in [0, 0.05) is 29.0 Å². The maximum Gasteiger partial charge on any atom is 0.397 e. The molecule has 0 aromatic heterocycles. The van der Waals surface area contributed by atoms with Gasteiger partial charge in [0.2, 0.25) is 0 Å². The lowest BCUT2D eigenvalue weighted by atomic mass is 9.95. The molecule has 0 radical (unpaired) electrons. The van der Waals surface area contributed by atoms with Gasteiger partial charge in [-0.2, -0.15) is 8.78 Å². The van der Waals surface area contributed by atoms with Gasteiger partial charge in [-0.05, 0) is 48.9 Å². The second kappa shape index (κ2) is 7.74. The third-order valence-corrected chi connectivity index (χ3v) is 3.80. The summed E-state index contributed by atoms with van der Waals surface area (Å²) in [4.78, 5) is 24.2. The van der Waals surface area contributed by atoms with Crippen LogP contribution in [0.4, 0.5) is 8.78 Å². The Labute approximate surface area is 149 Å². The topological polar surface area (TPSA) is 43.4 Å². The highest BCUT2D eigenvalue weighted by molar-refractivity contribution is 6.30. The predicted molar refractivity (Wildman–Crippen MR) is 91.6 cm³/mol. The SMILES string of the molecule is CCC(F)(F)Oc1ccc(CC(C)=O)c(C(=O)c2ccc(Cl)cc2)c1. The second-order valence-electron chi connectivity index (χ2n) is 5.63. The molecule has 0 aliphatic rings. The minimum atomic E-state index is -3.33. The van der Waals surface area contributed by atoms with Gasteiger partial charge in [0.05, 0.1) is 0 Å². The number of carbonyl (C=O) groups excluding carboxylic acids is 2. The number of alkyl halides is 2. The van der Waals surface area contributed by atoms with Gasteiger partial charge in [-0.15, -0.1) is 0 Å². The summed E-state index contributed by atoms with van der Waals surface area (Å²) in [5.41, 5.74) is 0.954. The first-order valence-corrected chi connectivity index (χ1v) is 8.09. The summed E-state index contributed by atoms with van der Waals surface area (Å²) in [6.45, 7) is 2.69. The summed E-state index contributed by atoms with van der Waals surface area (Å²) in [5.74, 6) is -0.660. The lowest BCUT2D eigenvalue weighted by molar-refractivity contribution is -0.177. The number of Topliss-reactive ketones (excluding diaryl/α,β-unsaturated/α-hetero) is 1. The fourth-order valence-electron chi connectivity index (χ4n) is 2.25. The van der Waals surface area contributed by atoms with Gasteiger partial charge in [0.25, 0.3) is 0 Å². The molecule has 0 unspecified atom stereocenters. The molecule has 132 valence electrons. The average molecular weight is 367 g/mol. The number of rotatable bonds is 7. The van der Waals surface area contributed by atoms with E-state index in [1.807, 2.05) is 0 Å². The minimum Gasteiger partial charge on any atom is -0.433 e. The molecule has 0 aliphatic heterocycles. The Morgan fingerprint density at radius 2 is 1.76 bits per heavy atom. The van der Waals surface area contributed by atoms with Crippen LogP contribution in [0.1, 0.15) is 41.8 Å². The van der Waals surface area contributed by atoms with Crippen molar-refractivity contribution in [1.29, 1.82) is 0 Å². The van der Waals surface area contributed by atoms with E-state index < -0.39 is 18.3 Å². The molecule has 0 heterocycles. The molecule has 2 aromatic carbocycles. The van der Waals surface area contributed by atoms with E-state index in [4.69, 9.17) is 11.6 Å². The highest BCUT2D eigenvalue weighted by Crippen LogP contribution is 2.28. The Hall–Kier alpha value is -2.27. The van der Waals surface area contributed by atoms with Crippen molar-refractivity contribution < 1.29 is 23.1 Å². The van der Waals surface area contributed by atoms with Crippen LogP contribution in [0.3, 0.4) is 0 Å². The molecule has 0 spiro atoms. The van der Waals surface area contributed by atoms with E-state index in [-0.39, 0.29) is 23.5 Å². The maximum atomic E-state index is 13.5. The molecule has 0 bridgehead atoms. The highest BCUT2D eigenvalue weighted by atomic mass is 35.5. The Bertz CT molecular complexity index is 786. The first-order valence-electron chi connectivity index (χ1n) is 7.71. The molecule has 2 rings (SSSR count). The summed E-state index contributed by atoms with van der Waals surface area (Å²) in [7, 11) is 0. The Kier molecular flexibility index (Phi) is 5.90. The molecule has 2 aromatic rings. The first-order chi connectivity index (χ1) is 11.7. The summed E-state index contributed by atoms with van der Waals surface area (Å²) in [6.07, 6.45) is -3.80. The number of hydrogen-bond donors (Lipinski definition) is 0. The van der Waals surface area contributed by atoms with Crippen molar-refractivity contribution in [3.63, 3.8) is 0 Å². The van der Waals surface area contributed by atoms with E-state index in [1.165, 1.54) is 44.2 Å². The van der Waals surface area contributed by atoms with E-state index in [0.717, 1.165) is 0 Å². The number of ether oxygens (including phenoxy) is 1. The molecular formula is C19H17ClF2O3. The van der Waals surface area contributed by atoms with Crippen LogP contribution < -0.4 is 4.74 Å². The predicted octanol–water partition coefficient (Wildman–Crippen LogP) is 5.08. The van der Waals surface area contributed by atoms with E-state index >= 15 is 0 Å². The molecular weight excluding hydrogens is 350 g/mol. The van der Waals surface area contributed by atoms with Crippen molar-refractivity contribution in [2.45, 2.75) is 32.8 Å². The largest absolute Gasteiger partial charge is 0.433 e. The average Bonchev–Trinajstić information content (AvgIpc) is 2.55. The van der Waals surface area contributed by atoms with Crippen LogP contribution in [0.2, 0.25) is 5.02 Å². The van der Waals surface area contributed by atoms with Crippen molar-refractivity contribution in [2.24, 2.45) is 0 Å². The van der Waals surface area contributed by atoms with Crippen LogP contribution in [-0.4, -0.2) is 17.7 Å². The van der Waals surface area contributed by atoms with E-state index in [2.05, 4.69) is 4.74 Å². The third-order valence-electron chi connectivity index (χ3n) is 3.55. The number of hydrogen-bond acceptors (Lipinski definition) is 3. The van der Waals surface area contributed by atoms with Gasteiger partial charge in [0.1, 0.15) is 11.5 Å². The van der Waals surface area contributed by atoms with Crippen LogP contribution in [0.5, 0.6) is 5.75 Å². The number of carbonyl (C=O) groups is 2. The summed E-state index contributed by atoms with van der Waals surface area (Å²) in [5, 5.41) is 0.472. The first kappa shape index (κ1) is 19.1. The minimum absolute atomic E-state index is 0.0269. The second-order valence-corrected chi connectivity index (χ2v) is 6.06. The van der Waals surface area contributed by atoms with Gasteiger partial charge >= 0.3 is 6.11 Å². The zero-order valence-electron chi connectivity index (χ0n) is 13.8. The maximum absolute atomic E-state index is 13.5. The molecule has 0 aliphatic carbocycles. The van der Waals surface area contributed by atoms with E-state index in [1.54, 1.807) is 12.1 Å². The lowest BCUT2D eigenvalue weighted by Crippen LogP contribution is -2.23.